The number of hydrogen-bond donors (Lipinski definition) is 2. The van der Waals surface area contributed by atoms with Crippen LogP contribution in [-0.2, 0) is 10.7 Å². The summed E-state index contributed by atoms with van der Waals surface area (Å²) >= 11 is 0. The number of aromatic nitrogens is 2. The number of halogens is 3. The fourth-order valence-electron chi connectivity index (χ4n) is 4.38. The molecule has 198 valence electrons. The summed E-state index contributed by atoms with van der Waals surface area (Å²) < 4.78 is 50.9. The Morgan fingerprint density at radius 3 is 2.46 bits per heavy atom. The van der Waals surface area contributed by atoms with E-state index in [4.69, 9.17) is 4.74 Å². The van der Waals surface area contributed by atoms with E-state index in [1.807, 2.05) is 13.8 Å². The number of carbonyl (C=O) groups excluding carboxylic acids is 1. The molecular weight excluding hydrogens is 485 g/mol. The zero-order chi connectivity index (χ0) is 27.4. The maximum Gasteiger partial charge on any atom is 0.303 e. The van der Waals surface area contributed by atoms with E-state index in [-0.39, 0.29) is 17.4 Å². The second-order valence-electron chi connectivity index (χ2n) is 10.3. The van der Waals surface area contributed by atoms with Crippen LogP contribution in [-0.4, -0.2) is 39.7 Å². The van der Waals surface area contributed by atoms with Gasteiger partial charge in [-0.25, -0.2) is 14.4 Å². The first-order chi connectivity index (χ1) is 17.1. The van der Waals surface area contributed by atoms with Gasteiger partial charge in [0.25, 0.3) is 5.91 Å². The van der Waals surface area contributed by atoms with Gasteiger partial charge in [0, 0.05) is 24.1 Å². The number of hydrogen-bond acceptors (Lipinski definition) is 6. The second kappa shape index (κ2) is 9.16. The van der Waals surface area contributed by atoms with Crippen LogP contribution in [0.15, 0.2) is 30.3 Å². The minimum absolute atomic E-state index is 0.0146. The van der Waals surface area contributed by atoms with E-state index in [9.17, 15) is 18.7 Å². The fourth-order valence-corrected chi connectivity index (χ4v) is 4.38. The van der Waals surface area contributed by atoms with E-state index < -0.39 is 35.1 Å². The number of benzene rings is 2. The van der Waals surface area contributed by atoms with Gasteiger partial charge in [-0.15, -0.1) is 0 Å². The Balaban J connectivity index is 1.76. The lowest BCUT2D eigenvalue weighted by Crippen LogP contribution is -2.46. The van der Waals surface area contributed by atoms with E-state index in [0.717, 1.165) is 19.9 Å². The number of nitrogens with zero attached hydrogens (tertiary/aromatic N) is 3. The normalized spacial score (nSPS) is 17.1. The highest BCUT2D eigenvalue weighted by Crippen LogP contribution is 2.42. The molecular formula is C27H31F3N4O3. The van der Waals surface area contributed by atoms with Crippen molar-refractivity contribution >= 4 is 28.3 Å². The Morgan fingerprint density at radius 1 is 1.16 bits per heavy atom. The molecule has 1 aliphatic heterocycles. The summed E-state index contributed by atoms with van der Waals surface area (Å²) in [6.45, 7) is 9.01. The third-order valence-corrected chi connectivity index (χ3v) is 6.64. The first-order valence-corrected chi connectivity index (χ1v) is 12.1. The van der Waals surface area contributed by atoms with E-state index in [0.29, 0.717) is 34.0 Å². The summed E-state index contributed by atoms with van der Waals surface area (Å²) in [5.41, 5.74) is -2.27. The number of aliphatic hydroxyl groups is 1. The quantitative estimate of drug-likeness (QED) is 0.450. The standard InChI is InChI=1S/C27H31F3N4O3/c1-13(2)23-25(35)34(7)20-11-17-19(12-21(20)37-23)32-15(4)33-24(17)31-14(3)16-9-8-10-18(22(16)28)27(29,30)26(5,6)36/h8-14,23,36H,1-7H3,(H,31,32,33)/t14-,23-/m1/s1. The van der Waals surface area contributed by atoms with Crippen LogP contribution in [0, 0.1) is 18.7 Å². The van der Waals surface area contributed by atoms with Gasteiger partial charge in [0.1, 0.15) is 28.8 Å². The van der Waals surface area contributed by atoms with Crippen molar-refractivity contribution in [3.05, 3.63) is 53.1 Å². The molecule has 2 heterocycles. The van der Waals surface area contributed by atoms with E-state index in [1.165, 1.54) is 17.0 Å². The molecule has 10 heteroatoms. The smallest absolute Gasteiger partial charge is 0.303 e. The average molecular weight is 517 g/mol. The highest BCUT2D eigenvalue weighted by molar-refractivity contribution is 6.03. The molecule has 0 bridgehead atoms. The highest BCUT2D eigenvalue weighted by atomic mass is 19.3. The fraction of sp³-hybridized carbons (Fsp3) is 0.444. The van der Waals surface area contributed by atoms with Crippen molar-refractivity contribution in [2.24, 2.45) is 5.92 Å². The van der Waals surface area contributed by atoms with Crippen LogP contribution in [0.2, 0.25) is 0 Å². The van der Waals surface area contributed by atoms with Crippen molar-refractivity contribution < 1.29 is 27.8 Å². The lowest BCUT2D eigenvalue weighted by atomic mass is 9.91. The van der Waals surface area contributed by atoms with Gasteiger partial charge in [-0.1, -0.05) is 26.0 Å². The monoisotopic (exact) mass is 516 g/mol. The minimum Gasteiger partial charge on any atom is -0.478 e. The molecule has 7 nitrogen and oxygen atoms in total. The molecule has 1 amide bonds. The summed E-state index contributed by atoms with van der Waals surface area (Å²) in [6, 6.07) is 6.39. The second-order valence-corrected chi connectivity index (χ2v) is 10.3. The van der Waals surface area contributed by atoms with Crippen LogP contribution in [0.4, 0.5) is 24.7 Å². The van der Waals surface area contributed by atoms with Gasteiger partial charge in [0.15, 0.2) is 6.10 Å². The molecule has 2 N–H and O–H groups in total. The molecule has 0 unspecified atom stereocenters. The van der Waals surface area contributed by atoms with Gasteiger partial charge in [-0.3, -0.25) is 4.79 Å². The van der Waals surface area contributed by atoms with Gasteiger partial charge >= 0.3 is 5.92 Å². The molecule has 2 aromatic carbocycles. The molecule has 4 rings (SSSR count). The Hall–Kier alpha value is -3.40. The van der Waals surface area contributed by atoms with Crippen LogP contribution in [0.5, 0.6) is 5.75 Å². The van der Waals surface area contributed by atoms with Gasteiger partial charge in [0.05, 0.1) is 22.8 Å². The van der Waals surface area contributed by atoms with E-state index >= 15 is 4.39 Å². The molecule has 2 atom stereocenters. The Labute approximate surface area is 213 Å². The number of ether oxygens (including phenoxy) is 1. The Bertz CT molecular complexity index is 1370. The first kappa shape index (κ1) is 26.7. The predicted molar refractivity (Wildman–Crippen MR) is 136 cm³/mol. The number of fused-ring (bicyclic) bond motifs is 2. The van der Waals surface area contributed by atoms with E-state index in [1.54, 1.807) is 33.0 Å². The number of likely N-dealkylation sites (N-methyl/N-ethyl adjacent to an activating group) is 1. The highest BCUT2D eigenvalue weighted by Gasteiger charge is 2.49. The van der Waals surface area contributed by atoms with E-state index in [2.05, 4.69) is 15.3 Å². The molecule has 0 radical (unpaired) electrons. The molecule has 3 aromatic rings. The minimum atomic E-state index is -3.81. The third kappa shape index (κ3) is 4.58. The molecule has 1 aromatic heterocycles. The SMILES string of the molecule is Cc1nc(N[C@H](C)c2cccc(C(F)(F)C(C)(C)O)c2F)c2cc3c(cc2n1)O[C@H](C(C)C)C(=O)N3C. The Morgan fingerprint density at radius 2 is 1.84 bits per heavy atom. The largest absolute Gasteiger partial charge is 0.478 e. The summed E-state index contributed by atoms with van der Waals surface area (Å²) in [5, 5.41) is 13.6. The van der Waals surface area contributed by atoms with Crippen LogP contribution in [0.3, 0.4) is 0 Å². The van der Waals surface area contributed by atoms with Crippen molar-refractivity contribution in [3.63, 3.8) is 0 Å². The van der Waals surface area contributed by atoms with Crippen LogP contribution in [0.25, 0.3) is 10.9 Å². The zero-order valence-corrected chi connectivity index (χ0v) is 21.9. The summed E-state index contributed by atoms with van der Waals surface area (Å²) in [4.78, 5) is 23.3. The van der Waals surface area contributed by atoms with Crippen LogP contribution in [0.1, 0.15) is 57.6 Å². The number of alkyl halides is 2. The number of rotatable bonds is 6. The molecule has 0 spiro atoms. The maximum absolute atomic E-state index is 15.3. The lowest BCUT2D eigenvalue weighted by Gasteiger charge is -2.34. The average Bonchev–Trinajstić information content (AvgIpc) is 2.79. The molecule has 0 aliphatic carbocycles. The number of carbonyl (C=O) groups is 1. The summed E-state index contributed by atoms with van der Waals surface area (Å²) in [7, 11) is 1.67. The van der Waals surface area contributed by atoms with Crippen molar-refractivity contribution in [3.8, 4) is 5.75 Å². The molecule has 1 aliphatic rings. The Kier molecular flexibility index (Phi) is 6.60. The topological polar surface area (TPSA) is 87.6 Å². The lowest BCUT2D eigenvalue weighted by molar-refractivity contribution is -0.170. The van der Waals surface area contributed by atoms with Crippen molar-refractivity contribution in [2.45, 2.75) is 65.2 Å². The van der Waals surface area contributed by atoms with Gasteiger partial charge in [-0.05, 0) is 45.7 Å². The first-order valence-electron chi connectivity index (χ1n) is 12.1. The van der Waals surface area contributed by atoms with Crippen molar-refractivity contribution in [1.82, 2.24) is 9.97 Å². The molecule has 37 heavy (non-hydrogen) atoms. The molecule has 0 fully saturated rings. The number of anilines is 2. The van der Waals surface area contributed by atoms with Gasteiger partial charge < -0.3 is 20.1 Å². The number of aryl methyl sites for hydroxylation is 1. The number of nitrogens with one attached hydrogen (secondary N) is 1. The summed E-state index contributed by atoms with van der Waals surface area (Å²) in [5.74, 6) is -3.83. The zero-order valence-electron chi connectivity index (χ0n) is 21.9. The maximum atomic E-state index is 15.3. The molecule has 0 saturated carbocycles. The van der Waals surface area contributed by atoms with Crippen LogP contribution >= 0.6 is 0 Å². The third-order valence-electron chi connectivity index (χ3n) is 6.64. The van der Waals surface area contributed by atoms with Gasteiger partial charge in [0.2, 0.25) is 0 Å². The summed E-state index contributed by atoms with van der Waals surface area (Å²) in [6.07, 6.45) is -0.618. The number of amides is 1. The van der Waals surface area contributed by atoms with Crippen LogP contribution < -0.4 is 15.0 Å². The van der Waals surface area contributed by atoms with Crippen molar-refractivity contribution in [2.75, 3.05) is 17.3 Å². The van der Waals surface area contributed by atoms with Gasteiger partial charge in [-0.2, -0.15) is 8.78 Å². The predicted octanol–water partition coefficient (Wildman–Crippen LogP) is 5.49. The van der Waals surface area contributed by atoms with Crippen molar-refractivity contribution in [1.29, 1.82) is 0 Å². The molecule has 0 saturated heterocycles.